The Bertz CT molecular complexity index is 159. The van der Waals surface area contributed by atoms with Crippen molar-refractivity contribution in [3.63, 3.8) is 0 Å². The molecular formula is C9H15NS. The van der Waals surface area contributed by atoms with Crippen LogP contribution in [0.25, 0.3) is 0 Å². The Labute approximate surface area is 73.1 Å². The molecule has 1 atom stereocenters. The molecule has 62 valence electrons. The van der Waals surface area contributed by atoms with Crippen LogP contribution >= 0.6 is 11.8 Å². The number of thioether (sulfide) groups is 1. The molecule has 0 heterocycles. The Hall–Kier alpha value is -0.470. The topological polar surface area (TPSA) is 26.0 Å². The summed E-state index contributed by atoms with van der Waals surface area (Å²) >= 11 is 1.70. The molecule has 0 unspecified atom stereocenters. The van der Waals surface area contributed by atoms with Crippen molar-refractivity contribution in [1.29, 1.82) is 0 Å². The van der Waals surface area contributed by atoms with Gasteiger partial charge in [0.2, 0.25) is 0 Å². The molecule has 0 aliphatic carbocycles. The molecule has 0 bridgehead atoms. The lowest BCUT2D eigenvalue weighted by Crippen LogP contribution is -2.17. The lowest BCUT2D eigenvalue weighted by molar-refractivity contribution is 0.848. The molecule has 0 saturated carbocycles. The molecule has 0 spiro atoms. The summed E-state index contributed by atoms with van der Waals surface area (Å²) in [5.74, 6) is 0.922. The second-order valence-corrected chi connectivity index (χ2v) is 3.39. The van der Waals surface area contributed by atoms with E-state index in [-0.39, 0.29) is 6.04 Å². The zero-order chi connectivity index (χ0) is 8.69. The van der Waals surface area contributed by atoms with Gasteiger partial charge >= 0.3 is 0 Å². The van der Waals surface area contributed by atoms with E-state index >= 15 is 0 Å². The Morgan fingerprint density at radius 3 is 2.64 bits per heavy atom. The maximum absolute atomic E-state index is 5.58. The summed E-state index contributed by atoms with van der Waals surface area (Å²) < 4.78 is 0. The number of hydrogen-bond acceptors (Lipinski definition) is 2. The first kappa shape index (κ1) is 10.5. The number of hydrogen-bond donors (Lipinski definition) is 1. The van der Waals surface area contributed by atoms with Crippen molar-refractivity contribution < 1.29 is 0 Å². The first-order chi connectivity index (χ1) is 5.20. The van der Waals surface area contributed by atoms with Crippen LogP contribution in [0.3, 0.4) is 0 Å². The van der Waals surface area contributed by atoms with Crippen molar-refractivity contribution in [3.8, 4) is 0 Å². The van der Waals surface area contributed by atoms with E-state index in [0.29, 0.717) is 0 Å². The van der Waals surface area contributed by atoms with Crippen LogP contribution in [0.2, 0.25) is 0 Å². The van der Waals surface area contributed by atoms with Crippen LogP contribution in [-0.4, -0.2) is 11.8 Å². The molecule has 0 aromatic rings. The van der Waals surface area contributed by atoms with Gasteiger partial charge < -0.3 is 5.73 Å². The minimum atomic E-state index is 0.230. The molecule has 0 aliphatic heterocycles. The highest BCUT2D eigenvalue weighted by atomic mass is 32.2. The molecule has 0 amide bonds. The molecular weight excluding hydrogens is 154 g/mol. The predicted octanol–water partition coefficient (Wildman–Crippen LogP) is 2.32. The van der Waals surface area contributed by atoms with E-state index < -0.39 is 0 Å². The Kier molecular flexibility index (Phi) is 5.99. The molecule has 0 aliphatic rings. The lowest BCUT2D eigenvalue weighted by atomic mass is 10.4. The SMILES string of the molecule is C=C/C=C(\C=C)SC[C@@H](C)N. The zero-order valence-electron chi connectivity index (χ0n) is 6.92. The fourth-order valence-corrected chi connectivity index (χ4v) is 1.28. The standard InChI is InChI=1S/C9H15NS/c1-4-6-9(5-2)11-7-8(3)10/h4-6,8H,1-2,7,10H2,3H3/b9-6+/t8-/m1/s1. The summed E-state index contributed by atoms with van der Waals surface area (Å²) in [5, 5.41) is 0. The van der Waals surface area contributed by atoms with Gasteiger partial charge in [-0.3, -0.25) is 0 Å². The molecule has 0 aromatic carbocycles. The summed E-state index contributed by atoms with van der Waals surface area (Å²) in [7, 11) is 0. The van der Waals surface area contributed by atoms with Gasteiger partial charge in [0.15, 0.2) is 0 Å². The van der Waals surface area contributed by atoms with Gasteiger partial charge in [0, 0.05) is 16.7 Å². The van der Waals surface area contributed by atoms with E-state index in [2.05, 4.69) is 13.2 Å². The van der Waals surface area contributed by atoms with Crippen LogP contribution in [0.15, 0.2) is 36.3 Å². The largest absolute Gasteiger partial charge is 0.327 e. The first-order valence-electron chi connectivity index (χ1n) is 3.54. The molecule has 11 heavy (non-hydrogen) atoms. The van der Waals surface area contributed by atoms with Gasteiger partial charge in [0.1, 0.15) is 0 Å². The van der Waals surface area contributed by atoms with E-state index in [0.717, 1.165) is 10.7 Å². The van der Waals surface area contributed by atoms with E-state index in [1.165, 1.54) is 0 Å². The second kappa shape index (κ2) is 6.25. The quantitative estimate of drug-likeness (QED) is 0.639. The molecule has 0 saturated heterocycles. The van der Waals surface area contributed by atoms with Gasteiger partial charge in [-0.15, -0.1) is 11.8 Å². The van der Waals surface area contributed by atoms with Gasteiger partial charge in [-0.1, -0.05) is 25.3 Å². The van der Waals surface area contributed by atoms with Crippen molar-refractivity contribution in [2.75, 3.05) is 5.75 Å². The third-order valence-electron chi connectivity index (χ3n) is 0.996. The Morgan fingerprint density at radius 2 is 2.27 bits per heavy atom. The minimum Gasteiger partial charge on any atom is -0.327 e. The smallest absolute Gasteiger partial charge is 0.0129 e. The van der Waals surface area contributed by atoms with Gasteiger partial charge in [0.05, 0.1) is 0 Å². The Morgan fingerprint density at radius 1 is 1.64 bits per heavy atom. The maximum Gasteiger partial charge on any atom is 0.0129 e. The zero-order valence-corrected chi connectivity index (χ0v) is 7.73. The van der Waals surface area contributed by atoms with Crippen molar-refractivity contribution in [2.45, 2.75) is 13.0 Å². The van der Waals surface area contributed by atoms with Crippen molar-refractivity contribution in [3.05, 3.63) is 36.3 Å². The lowest BCUT2D eigenvalue weighted by Gasteiger charge is -2.03. The molecule has 0 rings (SSSR count). The van der Waals surface area contributed by atoms with E-state index in [4.69, 9.17) is 5.73 Å². The summed E-state index contributed by atoms with van der Waals surface area (Å²) in [6.07, 6.45) is 5.50. The minimum absolute atomic E-state index is 0.230. The molecule has 0 radical (unpaired) electrons. The van der Waals surface area contributed by atoms with E-state index in [9.17, 15) is 0 Å². The Balaban J connectivity index is 3.79. The van der Waals surface area contributed by atoms with Crippen LogP contribution in [0.1, 0.15) is 6.92 Å². The predicted molar refractivity (Wildman–Crippen MR) is 54.6 cm³/mol. The maximum atomic E-state index is 5.58. The summed E-state index contributed by atoms with van der Waals surface area (Å²) in [6, 6.07) is 0.230. The van der Waals surface area contributed by atoms with Crippen molar-refractivity contribution >= 4 is 11.8 Å². The van der Waals surface area contributed by atoms with Gasteiger partial charge in [-0.2, -0.15) is 0 Å². The van der Waals surface area contributed by atoms with E-state index in [1.807, 2.05) is 19.1 Å². The summed E-state index contributed by atoms with van der Waals surface area (Å²) in [5.41, 5.74) is 5.58. The fourth-order valence-electron chi connectivity index (χ4n) is 0.519. The van der Waals surface area contributed by atoms with Gasteiger partial charge in [-0.05, 0) is 13.0 Å². The van der Waals surface area contributed by atoms with Crippen molar-refractivity contribution in [2.24, 2.45) is 5.73 Å². The average Bonchev–Trinajstić information content (AvgIpc) is 1.97. The third-order valence-corrected chi connectivity index (χ3v) is 2.32. The van der Waals surface area contributed by atoms with Crippen LogP contribution in [-0.2, 0) is 0 Å². The highest BCUT2D eigenvalue weighted by Gasteiger charge is 1.95. The van der Waals surface area contributed by atoms with Crippen LogP contribution in [0, 0.1) is 0 Å². The van der Waals surface area contributed by atoms with Crippen LogP contribution in [0.5, 0.6) is 0 Å². The summed E-state index contributed by atoms with van der Waals surface area (Å²) in [4.78, 5) is 1.12. The molecule has 0 aromatic heterocycles. The third kappa shape index (κ3) is 5.95. The monoisotopic (exact) mass is 169 g/mol. The van der Waals surface area contributed by atoms with Crippen LogP contribution in [0.4, 0.5) is 0 Å². The molecule has 0 fully saturated rings. The fraction of sp³-hybridized carbons (Fsp3) is 0.333. The number of rotatable bonds is 5. The van der Waals surface area contributed by atoms with Gasteiger partial charge in [-0.25, -0.2) is 0 Å². The summed E-state index contributed by atoms with van der Waals surface area (Å²) in [6.45, 7) is 9.27. The molecule has 2 heteroatoms. The molecule has 2 N–H and O–H groups in total. The second-order valence-electron chi connectivity index (χ2n) is 2.30. The highest BCUT2D eigenvalue weighted by molar-refractivity contribution is 8.03. The highest BCUT2D eigenvalue weighted by Crippen LogP contribution is 2.16. The normalized spacial score (nSPS) is 14.2. The number of nitrogens with two attached hydrogens (primary N) is 1. The van der Waals surface area contributed by atoms with Crippen LogP contribution < -0.4 is 5.73 Å². The van der Waals surface area contributed by atoms with Crippen molar-refractivity contribution in [1.82, 2.24) is 0 Å². The van der Waals surface area contributed by atoms with E-state index in [1.54, 1.807) is 17.8 Å². The van der Waals surface area contributed by atoms with Gasteiger partial charge in [0.25, 0.3) is 0 Å². The molecule has 1 nitrogen and oxygen atoms in total. The number of allylic oxidation sites excluding steroid dienone is 3. The average molecular weight is 169 g/mol. The first-order valence-corrected chi connectivity index (χ1v) is 4.52.